The van der Waals surface area contributed by atoms with Crippen molar-refractivity contribution in [3.8, 4) is 11.4 Å². The van der Waals surface area contributed by atoms with E-state index in [1.165, 1.54) is 23.9 Å². The van der Waals surface area contributed by atoms with E-state index in [1.807, 2.05) is 18.2 Å². The lowest BCUT2D eigenvalue weighted by atomic mass is 9.96. The molecule has 6 heteroatoms. The number of rotatable bonds is 4. The monoisotopic (exact) mass is 445 g/mol. The maximum absolute atomic E-state index is 11.8. The average Bonchev–Trinajstić information content (AvgIpc) is 3.18. The van der Waals surface area contributed by atoms with Gasteiger partial charge in [-0.2, -0.15) is 0 Å². The standard InChI is InChI=1S/C26H24ClN3O2/c1-16(17-8-4-3-5-9-17)30-21-11-7-6-10-20(21)22-23(27)28-24(29-25(22)30)18-12-14-19(15-13-18)26(31)32-2/h3-5,8-9,12-16H,6-7,10-11H2,1-2H3. The largest absolute Gasteiger partial charge is 0.465 e. The number of carbonyl (C=O) groups excluding carboxylic acids is 1. The molecule has 0 saturated carbocycles. The van der Waals surface area contributed by atoms with Gasteiger partial charge in [0.2, 0.25) is 0 Å². The summed E-state index contributed by atoms with van der Waals surface area (Å²) in [6.07, 6.45) is 4.33. The third kappa shape index (κ3) is 3.47. The minimum atomic E-state index is -0.371. The van der Waals surface area contributed by atoms with Crippen molar-refractivity contribution in [2.24, 2.45) is 0 Å². The smallest absolute Gasteiger partial charge is 0.337 e. The van der Waals surface area contributed by atoms with Crippen molar-refractivity contribution in [1.82, 2.24) is 14.5 Å². The number of nitrogens with zero attached hydrogens (tertiary/aromatic N) is 3. The van der Waals surface area contributed by atoms with E-state index < -0.39 is 0 Å². The summed E-state index contributed by atoms with van der Waals surface area (Å²) < 4.78 is 7.14. The highest BCUT2D eigenvalue weighted by Gasteiger charge is 2.27. The normalized spacial score (nSPS) is 14.2. The first-order valence-electron chi connectivity index (χ1n) is 10.9. The van der Waals surface area contributed by atoms with Gasteiger partial charge in [0, 0.05) is 11.3 Å². The topological polar surface area (TPSA) is 57.0 Å². The van der Waals surface area contributed by atoms with Gasteiger partial charge < -0.3 is 9.30 Å². The number of aryl methyl sites for hydroxylation is 1. The van der Waals surface area contributed by atoms with Crippen molar-refractivity contribution in [1.29, 1.82) is 0 Å². The van der Waals surface area contributed by atoms with E-state index in [0.29, 0.717) is 16.5 Å². The Morgan fingerprint density at radius 1 is 1.03 bits per heavy atom. The summed E-state index contributed by atoms with van der Waals surface area (Å²) in [5, 5.41) is 1.46. The second-order valence-corrected chi connectivity index (χ2v) is 8.55. The van der Waals surface area contributed by atoms with E-state index in [2.05, 4.69) is 40.7 Å². The summed E-state index contributed by atoms with van der Waals surface area (Å²) in [6, 6.07) is 17.7. The van der Waals surface area contributed by atoms with Crippen LogP contribution in [0.1, 0.15) is 53.0 Å². The molecule has 5 nitrogen and oxygen atoms in total. The minimum absolute atomic E-state index is 0.126. The third-order valence-corrected chi connectivity index (χ3v) is 6.61. The molecule has 1 aliphatic carbocycles. The van der Waals surface area contributed by atoms with Crippen LogP contribution in [0.4, 0.5) is 0 Å². The van der Waals surface area contributed by atoms with E-state index >= 15 is 0 Å². The van der Waals surface area contributed by atoms with Crippen LogP contribution in [0.15, 0.2) is 54.6 Å². The molecule has 0 N–H and O–H groups in total. The number of hydrogen-bond donors (Lipinski definition) is 0. The first-order valence-corrected chi connectivity index (χ1v) is 11.3. The Morgan fingerprint density at radius 2 is 1.75 bits per heavy atom. The molecular formula is C26H24ClN3O2. The van der Waals surface area contributed by atoms with Gasteiger partial charge >= 0.3 is 5.97 Å². The molecule has 1 unspecified atom stereocenters. The van der Waals surface area contributed by atoms with Crippen molar-refractivity contribution < 1.29 is 9.53 Å². The lowest BCUT2D eigenvalue weighted by molar-refractivity contribution is 0.0600. The molecule has 1 atom stereocenters. The second-order valence-electron chi connectivity index (χ2n) is 8.19. The van der Waals surface area contributed by atoms with E-state index in [9.17, 15) is 4.79 Å². The first-order chi connectivity index (χ1) is 15.6. The zero-order valence-electron chi connectivity index (χ0n) is 18.1. The molecule has 1 aliphatic rings. The van der Waals surface area contributed by atoms with Crippen molar-refractivity contribution in [3.63, 3.8) is 0 Å². The quantitative estimate of drug-likeness (QED) is 0.284. The number of methoxy groups -OCH3 is 1. The van der Waals surface area contributed by atoms with Crippen LogP contribution in [0.2, 0.25) is 5.15 Å². The molecular weight excluding hydrogens is 422 g/mol. The number of esters is 1. The highest BCUT2D eigenvalue weighted by molar-refractivity contribution is 6.34. The summed E-state index contributed by atoms with van der Waals surface area (Å²) in [6.45, 7) is 2.21. The lowest BCUT2D eigenvalue weighted by Crippen LogP contribution is -2.13. The van der Waals surface area contributed by atoms with Gasteiger partial charge in [-0.3, -0.25) is 0 Å². The molecule has 2 aromatic carbocycles. The van der Waals surface area contributed by atoms with Gasteiger partial charge in [-0.15, -0.1) is 0 Å². The van der Waals surface area contributed by atoms with Crippen molar-refractivity contribution in [2.75, 3.05) is 7.11 Å². The maximum Gasteiger partial charge on any atom is 0.337 e. The van der Waals surface area contributed by atoms with Crippen LogP contribution in [0, 0.1) is 0 Å². The minimum Gasteiger partial charge on any atom is -0.465 e. The highest BCUT2D eigenvalue weighted by atomic mass is 35.5. The van der Waals surface area contributed by atoms with Crippen LogP contribution in [-0.2, 0) is 17.6 Å². The van der Waals surface area contributed by atoms with Crippen molar-refractivity contribution in [2.45, 2.75) is 38.6 Å². The summed E-state index contributed by atoms with van der Waals surface area (Å²) in [7, 11) is 1.37. The molecule has 0 fully saturated rings. The van der Waals surface area contributed by atoms with E-state index in [4.69, 9.17) is 21.3 Å². The fourth-order valence-electron chi connectivity index (χ4n) is 4.71. The Morgan fingerprint density at radius 3 is 2.47 bits per heavy atom. The first kappa shape index (κ1) is 20.7. The Balaban J connectivity index is 1.69. The molecule has 2 aromatic heterocycles. The van der Waals surface area contributed by atoms with Crippen LogP contribution in [0.25, 0.3) is 22.4 Å². The van der Waals surface area contributed by atoms with Gasteiger partial charge in [0.05, 0.1) is 24.1 Å². The summed E-state index contributed by atoms with van der Waals surface area (Å²) in [5.74, 6) is 0.180. The number of halogens is 1. The molecule has 0 radical (unpaired) electrons. The van der Waals surface area contributed by atoms with Crippen LogP contribution >= 0.6 is 11.6 Å². The molecule has 0 amide bonds. The zero-order chi connectivity index (χ0) is 22.2. The maximum atomic E-state index is 11.8. The van der Waals surface area contributed by atoms with E-state index in [-0.39, 0.29) is 12.0 Å². The fourth-order valence-corrected chi connectivity index (χ4v) is 4.99. The van der Waals surface area contributed by atoms with E-state index in [1.54, 1.807) is 12.1 Å². The Bertz CT molecular complexity index is 1300. The SMILES string of the molecule is COC(=O)c1ccc(-c2nc(Cl)c3c4c(n(C(C)c5ccccc5)c3n2)CCCC4)cc1. The highest BCUT2D eigenvalue weighted by Crippen LogP contribution is 2.39. The number of fused-ring (bicyclic) bond motifs is 3. The van der Waals surface area contributed by atoms with Gasteiger partial charge in [0.25, 0.3) is 0 Å². The fraction of sp³-hybridized carbons (Fsp3) is 0.269. The van der Waals surface area contributed by atoms with Gasteiger partial charge in [0.15, 0.2) is 5.82 Å². The number of hydrogen-bond acceptors (Lipinski definition) is 4. The third-order valence-electron chi connectivity index (χ3n) is 6.34. The molecule has 0 bridgehead atoms. The van der Waals surface area contributed by atoms with Gasteiger partial charge in [0.1, 0.15) is 10.8 Å². The predicted octanol–water partition coefficient (Wildman–Crippen LogP) is 6.03. The zero-order valence-corrected chi connectivity index (χ0v) is 18.9. The van der Waals surface area contributed by atoms with Gasteiger partial charge in [-0.25, -0.2) is 14.8 Å². The van der Waals surface area contributed by atoms with Crippen molar-refractivity contribution in [3.05, 3.63) is 82.1 Å². The molecule has 0 saturated heterocycles. The van der Waals surface area contributed by atoms with Crippen LogP contribution < -0.4 is 0 Å². The summed E-state index contributed by atoms with van der Waals surface area (Å²) in [5.41, 5.74) is 6.00. The number of ether oxygens (including phenoxy) is 1. The molecule has 4 aromatic rings. The summed E-state index contributed by atoms with van der Waals surface area (Å²) >= 11 is 6.78. The molecule has 32 heavy (non-hydrogen) atoms. The number of aromatic nitrogens is 3. The molecule has 5 rings (SSSR count). The predicted molar refractivity (Wildman–Crippen MR) is 126 cm³/mol. The van der Waals surface area contributed by atoms with Crippen LogP contribution in [0.3, 0.4) is 0 Å². The Hall–Kier alpha value is -3.18. The van der Waals surface area contributed by atoms with Crippen LogP contribution in [0.5, 0.6) is 0 Å². The van der Waals surface area contributed by atoms with Crippen LogP contribution in [-0.4, -0.2) is 27.6 Å². The number of carbonyl (C=O) groups is 1. The number of benzene rings is 2. The van der Waals surface area contributed by atoms with Crippen molar-refractivity contribution >= 4 is 28.6 Å². The van der Waals surface area contributed by atoms with Gasteiger partial charge in [-0.05, 0) is 55.9 Å². The average molecular weight is 446 g/mol. The molecule has 162 valence electrons. The van der Waals surface area contributed by atoms with Gasteiger partial charge in [-0.1, -0.05) is 54.1 Å². The second kappa shape index (κ2) is 8.40. The Labute approximate surface area is 192 Å². The molecule has 0 aliphatic heterocycles. The molecule has 0 spiro atoms. The summed E-state index contributed by atoms with van der Waals surface area (Å²) in [4.78, 5) is 21.4. The molecule has 2 heterocycles. The lowest BCUT2D eigenvalue weighted by Gasteiger charge is -2.21. The Kier molecular flexibility index (Phi) is 5.43. The van der Waals surface area contributed by atoms with E-state index in [0.717, 1.165) is 42.3 Å².